The van der Waals surface area contributed by atoms with Crippen molar-refractivity contribution in [2.45, 2.75) is 18.2 Å². The van der Waals surface area contributed by atoms with Crippen LogP contribution in [0.25, 0.3) is 10.2 Å². The number of fused-ring (bicyclic) bond motifs is 1. The van der Waals surface area contributed by atoms with Gasteiger partial charge in [0.25, 0.3) is 5.56 Å². The van der Waals surface area contributed by atoms with Gasteiger partial charge in [-0.05, 0) is 34.7 Å². The maximum Gasteiger partial charge on any atom is 0.272 e. The first-order chi connectivity index (χ1) is 15.1. The molecule has 0 bridgehead atoms. The summed E-state index contributed by atoms with van der Waals surface area (Å²) in [6, 6.07) is 19.1. The van der Waals surface area contributed by atoms with Crippen LogP contribution < -0.4 is 15.6 Å². The summed E-state index contributed by atoms with van der Waals surface area (Å²) in [6.45, 7) is 0.841. The number of hydrogen-bond donors (Lipinski definition) is 1. The van der Waals surface area contributed by atoms with E-state index in [-0.39, 0.29) is 17.2 Å². The number of carbonyl (C=O) groups is 1. The van der Waals surface area contributed by atoms with E-state index in [9.17, 15) is 9.59 Å². The third-order valence-electron chi connectivity index (χ3n) is 4.70. The van der Waals surface area contributed by atoms with Crippen LogP contribution in [0.3, 0.4) is 0 Å². The van der Waals surface area contributed by atoms with E-state index in [1.165, 1.54) is 23.1 Å². The lowest BCUT2D eigenvalue weighted by atomic mass is 10.2. The van der Waals surface area contributed by atoms with E-state index in [2.05, 4.69) is 10.3 Å². The number of benzene rings is 2. The fourth-order valence-electron chi connectivity index (χ4n) is 3.06. The maximum atomic E-state index is 13.0. The Bertz CT molecular complexity index is 1230. The van der Waals surface area contributed by atoms with Gasteiger partial charge in [0, 0.05) is 6.54 Å². The van der Waals surface area contributed by atoms with E-state index in [0.717, 1.165) is 16.9 Å². The van der Waals surface area contributed by atoms with E-state index in [1.54, 1.807) is 11.7 Å². The van der Waals surface area contributed by atoms with E-state index in [1.807, 2.05) is 66.0 Å². The molecule has 0 saturated carbocycles. The van der Waals surface area contributed by atoms with Gasteiger partial charge in [0.05, 0.1) is 24.9 Å². The number of amides is 1. The van der Waals surface area contributed by atoms with Gasteiger partial charge in [-0.3, -0.25) is 14.2 Å². The van der Waals surface area contributed by atoms with Gasteiger partial charge in [-0.2, -0.15) is 0 Å². The molecule has 0 fully saturated rings. The molecule has 0 aliphatic rings. The van der Waals surface area contributed by atoms with E-state index >= 15 is 0 Å². The molecule has 158 valence electrons. The van der Waals surface area contributed by atoms with E-state index in [0.29, 0.717) is 28.5 Å². The van der Waals surface area contributed by atoms with E-state index in [4.69, 9.17) is 4.74 Å². The summed E-state index contributed by atoms with van der Waals surface area (Å²) < 4.78 is 7.42. The summed E-state index contributed by atoms with van der Waals surface area (Å²) in [5.41, 5.74) is 2.58. The Kier molecular flexibility index (Phi) is 6.69. The lowest BCUT2D eigenvalue weighted by Gasteiger charge is -2.12. The molecular formula is C23H21N3O3S2. The molecule has 8 heteroatoms. The van der Waals surface area contributed by atoms with Crippen molar-refractivity contribution in [3.05, 3.63) is 87.5 Å². The Labute approximate surface area is 187 Å². The zero-order valence-electron chi connectivity index (χ0n) is 16.9. The maximum absolute atomic E-state index is 13.0. The largest absolute Gasteiger partial charge is 0.497 e. The van der Waals surface area contributed by atoms with Crippen LogP contribution in [0.2, 0.25) is 0 Å². The van der Waals surface area contributed by atoms with Crippen LogP contribution in [0.15, 0.2) is 76.0 Å². The first-order valence-corrected chi connectivity index (χ1v) is 11.5. The minimum absolute atomic E-state index is 0.0787. The molecular weight excluding hydrogens is 430 g/mol. The Morgan fingerprint density at radius 2 is 1.87 bits per heavy atom. The molecule has 0 aliphatic carbocycles. The number of hydrogen-bond acceptors (Lipinski definition) is 6. The van der Waals surface area contributed by atoms with Crippen LogP contribution in [-0.4, -0.2) is 28.3 Å². The highest BCUT2D eigenvalue weighted by atomic mass is 32.2. The summed E-state index contributed by atoms with van der Waals surface area (Å²) in [5.74, 6) is 0.830. The zero-order valence-corrected chi connectivity index (χ0v) is 18.5. The van der Waals surface area contributed by atoms with Crippen LogP contribution in [-0.2, 0) is 17.9 Å². The van der Waals surface area contributed by atoms with Crippen LogP contribution >= 0.6 is 23.1 Å². The van der Waals surface area contributed by atoms with Crippen molar-refractivity contribution in [3.8, 4) is 5.75 Å². The quantitative estimate of drug-likeness (QED) is 0.325. The molecule has 0 saturated heterocycles. The minimum atomic E-state index is -0.119. The lowest BCUT2D eigenvalue weighted by molar-refractivity contribution is -0.118. The molecule has 0 unspecified atom stereocenters. The molecule has 31 heavy (non-hydrogen) atoms. The van der Waals surface area contributed by atoms with Crippen LogP contribution in [0, 0.1) is 0 Å². The molecule has 2 aromatic heterocycles. The van der Waals surface area contributed by atoms with E-state index < -0.39 is 0 Å². The second-order valence-electron chi connectivity index (χ2n) is 6.82. The second-order valence-corrected chi connectivity index (χ2v) is 8.68. The topological polar surface area (TPSA) is 73.2 Å². The first-order valence-electron chi connectivity index (χ1n) is 9.68. The highest BCUT2D eigenvalue weighted by molar-refractivity contribution is 7.99. The van der Waals surface area contributed by atoms with Crippen molar-refractivity contribution in [3.63, 3.8) is 0 Å². The lowest BCUT2D eigenvalue weighted by Crippen LogP contribution is -2.26. The predicted molar refractivity (Wildman–Crippen MR) is 125 cm³/mol. The summed E-state index contributed by atoms with van der Waals surface area (Å²) in [7, 11) is 1.62. The predicted octanol–water partition coefficient (Wildman–Crippen LogP) is 3.92. The third-order valence-corrected chi connectivity index (χ3v) is 6.56. The standard InChI is InChI=1S/C23H21N3O3S2/c1-29-18-9-7-16(8-10-18)13-24-20(27)15-31-23-25-19-11-12-30-21(19)22(28)26(23)14-17-5-3-2-4-6-17/h2-12H,13-15H2,1H3,(H,24,27). The zero-order chi connectivity index (χ0) is 21.6. The molecule has 2 aromatic carbocycles. The van der Waals surface area contributed by atoms with Gasteiger partial charge in [0.2, 0.25) is 5.91 Å². The number of rotatable bonds is 8. The smallest absolute Gasteiger partial charge is 0.272 e. The first kappa shape index (κ1) is 21.1. The van der Waals surface area contributed by atoms with Gasteiger partial charge in [-0.25, -0.2) is 4.98 Å². The van der Waals surface area contributed by atoms with Gasteiger partial charge in [-0.15, -0.1) is 11.3 Å². The molecule has 0 atom stereocenters. The average molecular weight is 452 g/mol. The fraction of sp³-hybridized carbons (Fsp3) is 0.174. The fourth-order valence-corrected chi connectivity index (χ4v) is 4.67. The Balaban J connectivity index is 1.47. The second kappa shape index (κ2) is 9.80. The van der Waals surface area contributed by atoms with Crippen molar-refractivity contribution >= 4 is 39.2 Å². The molecule has 0 aliphatic heterocycles. The monoisotopic (exact) mass is 451 g/mol. The summed E-state index contributed by atoms with van der Waals surface area (Å²) in [4.78, 5) is 30.1. The van der Waals surface area contributed by atoms with Crippen molar-refractivity contribution in [2.75, 3.05) is 12.9 Å². The highest BCUT2D eigenvalue weighted by Gasteiger charge is 2.14. The number of thioether (sulfide) groups is 1. The van der Waals surface area contributed by atoms with Gasteiger partial charge in [-0.1, -0.05) is 54.2 Å². The SMILES string of the molecule is COc1ccc(CNC(=O)CSc2nc3ccsc3c(=O)n2Cc2ccccc2)cc1. The minimum Gasteiger partial charge on any atom is -0.497 e. The molecule has 0 radical (unpaired) electrons. The van der Waals surface area contributed by atoms with Crippen molar-refractivity contribution < 1.29 is 9.53 Å². The number of nitrogens with one attached hydrogen (secondary N) is 1. The molecule has 0 spiro atoms. The molecule has 6 nitrogen and oxygen atoms in total. The molecule has 4 aromatic rings. The molecule has 2 heterocycles. The van der Waals surface area contributed by atoms with Crippen LogP contribution in [0.5, 0.6) is 5.75 Å². The normalized spacial score (nSPS) is 10.9. The Morgan fingerprint density at radius 3 is 2.61 bits per heavy atom. The number of ether oxygens (including phenoxy) is 1. The summed E-state index contributed by atoms with van der Waals surface area (Å²) in [6.07, 6.45) is 0. The number of aromatic nitrogens is 2. The van der Waals surface area contributed by atoms with Gasteiger partial charge in [0.1, 0.15) is 10.4 Å². The average Bonchev–Trinajstić information content (AvgIpc) is 3.28. The molecule has 4 rings (SSSR count). The van der Waals surface area contributed by atoms with Crippen LogP contribution in [0.4, 0.5) is 0 Å². The summed E-state index contributed by atoms with van der Waals surface area (Å²) >= 11 is 2.66. The van der Waals surface area contributed by atoms with Crippen molar-refractivity contribution in [1.29, 1.82) is 0 Å². The van der Waals surface area contributed by atoms with Crippen molar-refractivity contribution in [2.24, 2.45) is 0 Å². The number of thiophene rings is 1. The highest BCUT2D eigenvalue weighted by Crippen LogP contribution is 2.21. The van der Waals surface area contributed by atoms with Gasteiger partial charge >= 0.3 is 0 Å². The number of carbonyl (C=O) groups excluding carboxylic acids is 1. The van der Waals surface area contributed by atoms with Gasteiger partial charge in [0.15, 0.2) is 5.16 Å². The number of nitrogens with zero attached hydrogens (tertiary/aromatic N) is 2. The van der Waals surface area contributed by atoms with Crippen LogP contribution in [0.1, 0.15) is 11.1 Å². The van der Waals surface area contributed by atoms with Crippen molar-refractivity contribution in [1.82, 2.24) is 14.9 Å². The third kappa shape index (κ3) is 5.15. The molecule has 1 amide bonds. The summed E-state index contributed by atoms with van der Waals surface area (Å²) in [5, 5.41) is 5.31. The molecule has 1 N–H and O–H groups in total. The Morgan fingerprint density at radius 1 is 1.10 bits per heavy atom. The van der Waals surface area contributed by atoms with Gasteiger partial charge < -0.3 is 10.1 Å². The number of methoxy groups -OCH3 is 1. The Hall–Kier alpha value is -3.10.